The molecule has 2 rings (SSSR count). The third kappa shape index (κ3) is 5.67. The van der Waals surface area contributed by atoms with Crippen molar-refractivity contribution in [2.75, 3.05) is 0 Å². The standard InChI is InChI=1S/C19H24N4O4/c1-12-16(13(2)23(4)22-12)10-17(24)27-14(3)18(25)21-19(26)20-11-15-8-6-5-7-9-15/h5-9,14H,10-11H2,1-4H3,(H2,20,21,25,26). The fourth-order valence-corrected chi connectivity index (χ4v) is 2.55. The molecule has 0 aliphatic heterocycles. The molecule has 1 aromatic carbocycles. The molecule has 0 saturated carbocycles. The smallest absolute Gasteiger partial charge is 0.321 e. The number of benzene rings is 1. The topological polar surface area (TPSA) is 102 Å². The van der Waals surface area contributed by atoms with Crippen LogP contribution in [0.2, 0.25) is 0 Å². The lowest BCUT2D eigenvalue weighted by atomic mass is 10.1. The number of rotatable bonds is 6. The van der Waals surface area contributed by atoms with Gasteiger partial charge in [0.2, 0.25) is 0 Å². The van der Waals surface area contributed by atoms with Gasteiger partial charge in [-0.15, -0.1) is 0 Å². The molecule has 1 atom stereocenters. The Hall–Kier alpha value is -3.16. The van der Waals surface area contributed by atoms with Gasteiger partial charge in [-0.05, 0) is 26.3 Å². The maximum Gasteiger partial charge on any atom is 0.321 e. The lowest BCUT2D eigenvalue weighted by Gasteiger charge is -2.13. The highest BCUT2D eigenvalue weighted by atomic mass is 16.5. The van der Waals surface area contributed by atoms with Crippen molar-refractivity contribution in [3.8, 4) is 0 Å². The molecule has 2 aromatic rings. The third-order valence-corrected chi connectivity index (χ3v) is 4.19. The third-order valence-electron chi connectivity index (χ3n) is 4.19. The average Bonchev–Trinajstić information content (AvgIpc) is 2.87. The largest absolute Gasteiger partial charge is 0.452 e. The number of carbonyl (C=O) groups is 3. The Labute approximate surface area is 157 Å². The van der Waals surface area contributed by atoms with Gasteiger partial charge in [0.1, 0.15) is 0 Å². The quantitative estimate of drug-likeness (QED) is 0.749. The van der Waals surface area contributed by atoms with Crippen LogP contribution in [0.25, 0.3) is 0 Å². The average molecular weight is 372 g/mol. The van der Waals surface area contributed by atoms with Crippen LogP contribution in [0.5, 0.6) is 0 Å². The molecular weight excluding hydrogens is 348 g/mol. The lowest BCUT2D eigenvalue weighted by molar-refractivity contribution is -0.153. The number of aromatic nitrogens is 2. The first-order chi connectivity index (χ1) is 12.8. The second kappa shape index (κ2) is 8.98. The number of carbonyl (C=O) groups excluding carboxylic acids is 3. The molecule has 0 spiro atoms. The number of amides is 3. The van der Waals surface area contributed by atoms with E-state index in [2.05, 4.69) is 15.7 Å². The minimum absolute atomic E-state index is 0.0172. The van der Waals surface area contributed by atoms with Crippen molar-refractivity contribution in [2.24, 2.45) is 7.05 Å². The van der Waals surface area contributed by atoms with E-state index < -0.39 is 24.0 Å². The number of nitrogens with one attached hydrogen (secondary N) is 2. The predicted molar refractivity (Wildman–Crippen MR) is 98.8 cm³/mol. The van der Waals surface area contributed by atoms with Crippen LogP contribution in [-0.2, 0) is 34.3 Å². The van der Waals surface area contributed by atoms with Gasteiger partial charge >= 0.3 is 12.0 Å². The molecule has 0 fully saturated rings. The van der Waals surface area contributed by atoms with Crippen LogP contribution < -0.4 is 10.6 Å². The van der Waals surface area contributed by atoms with Crippen molar-refractivity contribution in [1.29, 1.82) is 0 Å². The Morgan fingerprint density at radius 1 is 1.19 bits per heavy atom. The van der Waals surface area contributed by atoms with Crippen molar-refractivity contribution in [3.05, 3.63) is 52.8 Å². The number of ether oxygens (including phenoxy) is 1. The van der Waals surface area contributed by atoms with Crippen LogP contribution in [0.15, 0.2) is 30.3 Å². The second-order valence-corrected chi connectivity index (χ2v) is 6.24. The number of imide groups is 1. The van der Waals surface area contributed by atoms with E-state index in [-0.39, 0.29) is 13.0 Å². The zero-order chi connectivity index (χ0) is 20.0. The van der Waals surface area contributed by atoms with Crippen LogP contribution >= 0.6 is 0 Å². The monoisotopic (exact) mass is 372 g/mol. The van der Waals surface area contributed by atoms with Gasteiger partial charge in [-0.3, -0.25) is 19.6 Å². The Balaban J connectivity index is 1.80. The fourth-order valence-electron chi connectivity index (χ4n) is 2.55. The van der Waals surface area contributed by atoms with Crippen LogP contribution in [0.1, 0.15) is 29.4 Å². The van der Waals surface area contributed by atoms with E-state index in [1.807, 2.05) is 44.2 Å². The molecule has 144 valence electrons. The molecule has 1 heterocycles. The Kier molecular flexibility index (Phi) is 6.70. The number of hydrogen-bond donors (Lipinski definition) is 2. The van der Waals surface area contributed by atoms with E-state index in [0.29, 0.717) is 0 Å². The number of nitrogens with zero attached hydrogens (tertiary/aromatic N) is 2. The summed E-state index contributed by atoms with van der Waals surface area (Å²) in [5, 5.41) is 8.98. The van der Waals surface area contributed by atoms with Gasteiger partial charge < -0.3 is 10.1 Å². The summed E-state index contributed by atoms with van der Waals surface area (Å²) in [6, 6.07) is 8.65. The molecular formula is C19H24N4O4. The molecule has 8 nitrogen and oxygen atoms in total. The molecule has 2 N–H and O–H groups in total. The van der Waals surface area contributed by atoms with Gasteiger partial charge in [0.15, 0.2) is 6.10 Å². The first kappa shape index (κ1) is 20.2. The van der Waals surface area contributed by atoms with Crippen molar-refractivity contribution >= 4 is 17.9 Å². The molecule has 0 aliphatic carbocycles. The zero-order valence-corrected chi connectivity index (χ0v) is 15.9. The Morgan fingerprint density at radius 2 is 1.85 bits per heavy atom. The van der Waals surface area contributed by atoms with Gasteiger partial charge in [0.25, 0.3) is 5.91 Å². The molecule has 1 aromatic heterocycles. The van der Waals surface area contributed by atoms with Crippen LogP contribution in [0, 0.1) is 13.8 Å². The molecule has 0 bridgehead atoms. The summed E-state index contributed by atoms with van der Waals surface area (Å²) in [4.78, 5) is 35.9. The van der Waals surface area contributed by atoms with Crippen molar-refractivity contribution in [3.63, 3.8) is 0 Å². The van der Waals surface area contributed by atoms with E-state index >= 15 is 0 Å². The summed E-state index contributed by atoms with van der Waals surface area (Å²) in [6.45, 7) is 5.37. The minimum atomic E-state index is -1.09. The summed E-state index contributed by atoms with van der Waals surface area (Å²) in [6.07, 6.45) is -1.07. The predicted octanol–water partition coefficient (Wildman–Crippen LogP) is 1.54. The van der Waals surface area contributed by atoms with Gasteiger partial charge in [0, 0.05) is 24.8 Å². The Morgan fingerprint density at radius 3 is 2.44 bits per heavy atom. The van der Waals surface area contributed by atoms with Crippen LogP contribution in [-0.4, -0.2) is 33.8 Å². The van der Waals surface area contributed by atoms with Gasteiger partial charge in [0.05, 0.1) is 12.1 Å². The van der Waals surface area contributed by atoms with E-state index in [9.17, 15) is 14.4 Å². The molecule has 1 unspecified atom stereocenters. The summed E-state index contributed by atoms with van der Waals surface area (Å²) in [5.41, 5.74) is 3.28. The zero-order valence-electron chi connectivity index (χ0n) is 15.9. The van der Waals surface area contributed by atoms with E-state index in [1.54, 1.807) is 11.7 Å². The summed E-state index contributed by atoms with van der Waals surface area (Å²) in [5.74, 6) is -1.24. The normalized spacial score (nSPS) is 11.6. The maximum absolute atomic E-state index is 12.1. The summed E-state index contributed by atoms with van der Waals surface area (Å²) >= 11 is 0. The fraction of sp³-hybridized carbons (Fsp3) is 0.368. The van der Waals surface area contributed by atoms with E-state index in [4.69, 9.17) is 4.74 Å². The molecule has 0 aliphatic rings. The Bertz CT molecular complexity index is 830. The number of aryl methyl sites for hydroxylation is 2. The second-order valence-electron chi connectivity index (χ2n) is 6.24. The lowest BCUT2D eigenvalue weighted by Crippen LogP contribution is -2.44. The molecule has 27 heavy (non-hydrogen) atoms. The van der Waals surface area contributed by atoms with E-state index in [0.717, 1.165) is 22.5 Å². The van der Waals surface area contributed by atoms with E-state index in [1.165, 1.54) is 6.92 Å². The maximum atomic E-state index is 12.1. The van der Waals surface area contributed by atoms with Crippen LogP contribution in [0.3, 0.4) is 0 Å². The van der Waals surface area contributed by atoms with Crippen molar-refractivity contribution in [2.45, 2.75) is 39.8 Å². The highest BCUT2D eigenvalue weighted by Gasteiger charge is 2.21. The molecule has 0 saturated heterocycles. The SMILES string of the molecule is Cc1nn(C)c(C)c1CC(=O)OC(C)C(=O)NC(=O)NCc1ccccc1. The molecule has 3 amide bonds. The summed E-state index contributed by atoms with van der Waals surface area (Å²) < 4.78 is 6.82. The number of hydrogen-bond acceptors (Lipinski definition) is 5. The highest BCUT2D eigenvalue weighted by molar-refractivity contribution is 5.97. The van der Waals surface area contributed by atoms with Crippen molar-refractivity contribution in [1.82, 2.24) is 20.4 Å². The van der Waals surface area contributed by atoms with Crippen LogP contribution in [0.4, 0.5) is 4.79 Å². The number of urea groups is 1. The first-order valence-corrected chi connectivity index (χ1v) is 8.59. The molecule has 0 radical (unpaired) electrons. The van der Waals surface area contributed by atoms with Gasteiger partial charge in [-0.25, -0.2) is 4.79 Å². The van der Waals surface area contributed by atoms with Gasteiger partial charge in [-0.1, -0.05) is 30.3 Å². The number of esters is 1. The minimum Gasteiger partial charge on any atom is -0.452 e. The first-order valence-electron chi connectivity index (χ1n) is 8.59. The highest BCUT2D eigenvalue weighted by Crippen LogP contribution is 2.13. The summed E-state index contributed by atoms with van der Waals surface area (Å²) in [7, 11) is 1.79. The van der Waals surface area contributed by atoms with Gasteiger partial charge in [-0.2, -0.15) is 5.10 Å². The van der Waals surface area contributed by atoms with Crippen molar-refractivity contribution < 1.29 is 19.1 Å². The molecule has 8 heteroatoms.